The summed E-state index contributed by atoms with van der Waals surface area (Å²) in [6.45, 7) is 5.97. The summed E-state index contributed by atoms with van der Waals surface area (Å²) in [5.74, 6) is 0. The summed E-state index contributed by atoms with van der Waals surface area (Å²) < 4.78 is 0. The maximum Gasteiger partial charge on any atom is 0.0934 e. The Morgan fingerprint density at radius 3 is 2.65 bits per heavy atom. The zero-order valence-electron chi connectivity index (χ0n) is 10.3. The topological polar surface area (TPSA) is 12.9 Å². The molecule has 0 aliphatic heterocycles. The Kier molecular flexibility index (Phi) is 4.32. The minimum atomic E-state index is 1.02. The zero-order valence-corrected chi connectivity index (χ0v) is 11.1. The van der Waals surface area contributed by atoms with Gasteiger partial charge in [0.1, 0.15) is 0 Å². The molecule has 0 unspecified atom stereocenters. The molecule has 0 spiro atoms. The summed E-state index contributed by atoms with van der Waals surface area (Å²) in [5, 5.41) is 1.26. The first-order chi connectivity index (χ1) is 8.31. The first-order valence-electron chi connectivity index (χ1n) is 6.12. The fourth-order valence-corrected chi connectivity index (χ4v) is 2.98. The van der Waals surface area contributed by atoms with E-state index in [1.54, 1.807) is 0 Å². The fraction of sp³-hybridized carbons (Fsp3) is 0.333. The van der Waals surface area contributed by atoms with E-state index in [9.17, 15) is 0 Å². The average Bonchev–Trinajstić information content (AvgIpc) is 2.72. The summed E-state index contributed by atoms with van der Waals surface area (Å²) in [4.78, 5) is 5.97. The van der Waals surface area contributed by atoms with Gasteiger partial charge >= 0.3 is 0 Å². The molecule has 1 aromatic heterocycles. The summed E-state index contributed by atoms with van der Waals surface area (Å²) in [6.07, 6.45) is 4.51. The van der Waals surface area contributed by atoms with Crippen LogP contribution in [0.25, 0.3) is 10.4 Å². The average molecular weight is 244 g/mol. The number of nitrogens with zero attached hydrogens (tertiary/aromatic N) is 1. The van der Waals surface area contributed by atoms with E-state index in [4.69, 9.17) is 0 Å². The van der Waals surface area contributed by atoms with Gasteiger partial charge in [-0.1, -0.05) is 50.1 Å². The van der Waals surface area contributed by atoms with Crippen LogP contribution in [0, 0.1) is 13.8 Å². The minimum absolute atomic E-state index is 1.02. The van der Waals surface area contributed by atoms with Gasteiger partial charge in [0.15, 0.2) is 0 Å². The monoisotopic (exact) mass is 244 g/mol. The van der Waals surface area contributed by atoms with E-state index < -0.39 is 0 Å². The Balaban J connectivity index is 2.14. The second kappa shape index (κ2) is 5.97. The molecule has 2 aromatic rings. The number of rotatable bonds is 5. The van der Waals surface area contributed by atoms with E-state index in [-0.39, 0.29) is 0 Å². The van der Waals surface area contributed by atoms with E-state index in [0.717, 1.165) is 18.5 Å². The van der Waals surface area contributed by atoms with Gasteiger partial charge in [0, 0.05) is 0 Å². The maximum atomic E-state index is 4.66. The van der Waals surface area contributed by atoms with Crippen LogP contribution in [0.15, 0.2) is 30.3 Å². The molecule has 0 saturated carbocycles. The van der Waals surface area contributed by atoms with Crippen molar-refractivity contribution in [3.05, 3.63) is 48.0 Å². The van der Waals surface area contributed by atoms with Crippen molar-refractivity contribution in [3.8, 4) is 10.4 Å². The van der Waals surface area contributed by atoms with Crippen LogP contribution in [0.1, 0.15) is 30.0 Å². The summed E-state index contributed by atoms with van der Waals surface area (Å²) in [6, 6.07) is 10.5. The molecule has 0 saturated heterocycles. The van der Waals surface area contributed by atoms with Gasteiger partial charge < -0.3 is 0 Å². The van der Waals surface area contributed by atoms with Gasteiger partial charge in [-0.3, -0.25) is 0 Å². The second-order valence-corrected chi connectivity index (χ2v) is 5.28. The van der Waals surface area contributed by atoms with Crippen LogP contribution < -0.4 is 0 Å². The van der Waals surface area contributed by atoms with Gasteiger partial charge in [0.05, 0.1) is 15.6 Å². The number of aromatic nitrogens is 1. The van der Waals surface area contributed by atoms with Crippen LogP contribution in [-0.2, 0) is 6.42 Å². The molecule has 1 heterocycles. The third-order valence-corrected chi connectivity index (χ3v) is 4.03. The molecule has 89 valence electrons. The SMILES string of the molecule is [CH2]CCCCc1nc(C)c(-c2ccccc2)s1. The summed E-state index contributed by atoms with van der Waals surface area (Å²) in [7, 11) is 0. The first-order valence-corrected chi connectivity index (χ1v) is 6.94. The molecular weight excluding hydrogens is 226 g/mol. The Morgan fingerprint density at radius 2 is 1.94 bits per heavy atom. The van der Waals surface area contributed by atoms with E-state index in [2.05, 4.69) is 49.2 Å². The van der Waals surface area contributed by atoms with Gasteiger partial charge in [0.2, 0.25) is 0 Å². The number of thiazole rings is 1. The van der Waals surface area contributed by atoms with Crippen LogP contribution >= 0.6 is 11.3 Å². The standard InChI is InChI=1S/C15H18NS/c1-3-4-6-11-14-16-12(2)15(17-14)13-9-7-5-8-10-13/h5,7-10H,1,3-4,6,11H2,2H3. The molecular formula is C15H18NS. The van der Waals surface area contributed by atoms with Crippen molar-refractivity contribution in [1.82, 2.24) is 4.98 Å². The molecule has 2 rings (SSSR count). The lowest BCUT2D eigenvalue weighted by molar-refractivity contribution is 0.741. The van der Waals surface area contributed by atoms with E-state index in [1.165, 1.54) is 28.3 Å². The van der Waals surface area contributed by atoms with E-state index in [1.807, 2.05) is 11.3 Å². The highest BCUT2D eigenvalue weighted by Gasteiger charge is 2.08. The molecule has 0 atom stereocenters. The van der Waals surface area contributed by atoms with Crippen molar-refractivity contribution in [2.24, 2.45) is 0 Å². The third kappa shape index (κ3) is 3.16. The Hall–Kier alpha value is -1.15. The number of hydrogen-bond donors (Lipinski definition) is 0. The van der Waals surface area contributed by atoms with Crippen molar-refractivity contribution < 1.29 is 0 Å². The van der Waals surface area contributed by atoms with Crippen molar-refractivity contribution in [3.63, 3.8) is 0 Å². The van der Waals surface area contributed by atoms with Crippen LogP contribution in [-0.4, -0.2) is 4.98 Å². The number of benzene rings is 1. The van der Waals surface area contributed by atoms with Gasteiger partial charge in [0.25, 0.3) is 0 Å². The van der Waals surface area contributed by atoms with Crippen LogP contribution in [0.4, 0.5) is 0 Å². The molecule has 0 bridgehead atoms. The Bertz CT molecular complexity index is 459. The van der Waals surface area contributed by atoms with Gasteiger partial charge in [-0.05, 0) is 25.3 Å². The largest absolute Gasteiger partial charge is 0.246 e. The van der Waals surface area contributed by atoms with E-state index in [0.29, 0.717) is 0 Å². The molecule has 0 fully saturated rings. The van der Waals surface area contributed by atoms with Crippen molar-refractivity contribution in [2.75, 3.05) is 0 Å². The fourth-order valence-electron chi connectivity index (χ4n) is 1.87. The Labute approximate surface area is 108 Å². The predicted molar refractivity (Wildman–Crippen MR) is 75.2 cm³/mol. The van der Waals surface area contributed by atoms with E-state index >= 15 is 0 Å². The number of hydrogen-bond acceptors (Lipinski definition) is 2. The summed E-state index contributed by atoms with van der Waals surface area (Å²) >= 11 is 1.83. The lowest BCUT2D eigenvalue weighted by atomic mass is 10.2. The first kappa shape index (κ1) is 12.3. The second-order valence-electron chi connectivity index (χ2n) is 4.20. The van der Waals surface area contributed by atoms with Crippen molar-refractivity contribution in [1.29, 1.82) is 0 Å². The molecule has 0 aliphatic rings. The molecule has 1 nitrogen and oxygen atoms in total. The van der Waals surface area contributed by atoms with Gasteiger partial charge in [-0.25, -0.2) is 4.98 Å². The van der Waals surface area contributed by atoms with Gasteiger partial charge in [-0.15, -0.1) is 11.3 Å². The normalized spacial score (nSPS) is 10.7. The Morgan fingerprint density at radius 1 is 1.18 bits per heavy atom. The molecule has 0 aliphatic carbocycles. The molecule has 1 aromatic carbocycles. The quantitative estimate of drug-likeness (QED) is 0.697. The van der Waals surface area contributed by atoms with Crippen molar-refractivity contribution >= 4 is 11.3 Å². The molecule has 2 heteroatoms. The highest BCUT2D eigenvalue weighted by atomic mass is 32.1. The smallest absolute Gasteiger partial charge is 0.0934 e. The summed E-state index contributed by atoms with van der Waals surface area (Å²) in [5.41, 5.74) is 2.44. The van der Waals surface area contributed by atoms with Crippen molar-refractivity contribution in [2.45, 2.75) is 32.6 Å². The number of unbranched alkanes of at least 4 members (excludes halogenated alkanes) is 2. The lowest BCUT2D eigenvalue weighted by Crippen LogP contribution is -1.83. The lowest BCUT2D eigenvalue weighted by Gasteiger charge is -1.96. The number of aryl methyl sites for hydroxylation is 2. The molecule has 0 amide bonds. The highest BCUT2D eigenvalue weighted by Crippen LogP contribution is 2.30. The minimum Gasteiger partial charge on any atom is -0.246 e. The van der Waals surface area contributed by atoms with Gasteiger partial charge in [-0.2, -0.15) is 0 Å². The molecule has 1 radical (unpaired) electrons. The van der Waals surface area contributed by atoms with Crippen LogP contribution in [0.5, 0.6) is 0 Å². The zero-order chi connectivity index (χ0) is 12.1. The third-order valence-electron chi connectivity index (χ3n) is 2.77. The van der Waals surface area contributed by atoms with Crippen LogP contribution in [0.2, 0.25) is 0 Å². The van der Waals surface area contributed by atoms with Crippen LogP contribution in [0.3, 0.4) is 0 Å². The maximum absolute atomic E-state index is 4.66. The highest BCUT2D eigenvalue weighted by molar-refractivity contribution is 7.15. The molecule has 0 N–H and O–H groups in total. The predicted octanol–water partition coefficient (Wildman–Crippen LogP) is 4.67. The molecule has 17 heavy (non-hydrogen) atoms.